The van der Waals surface area contributed by atoms with Crippen LogP contribution in [0.1, 0.15) is 116 Å². The first-order valence-corrected chi connectivity index (χ1v) is 13.4. The lowest BCUT2D eigenvalue weighted by atomic mass is 10.1. The molecule has 32 heavy (non-hydrogen) atoms. The van der Waals surface area contributed by atoms with Gasteiger partial charge >= 0.3 is 20.6 Å². The van der Waals surface area contributed by atoms with Crippen molar-refractivity contribution in [3.63, 3.8) is 0 Å². The number of carbonyl (C=O) groups excluding carboxylic acids is 2. The zero-order valence-corrected chi connectivity index (χ0v) is 21.1. The van der Waals surface area contributed by atoms with Crippen molar-refractivity contribution in [1.82, 2.24) is 0 Å². The average molecular weight is 476 g/mol. The van der Waals surface area contributed by atoms with Crippen LogP contribution < -0.4 is 5.73 Å². The van der Waals surface area contributed by atoms with Gasteiger partial charge in [-0.2, -0.15) is 0 Å². The van der Waals surface area contributed by atoms with Gasteiger partial charge in [0.05, 0.1) is 0 Å². The van der Waals surface area contributed by atoms with Crippen molar-refractivity contribution in [2.75, 3.05) is 19.8 Å². The molecular formula is C24H46NO6P. The van der Waals surface area contributed by atoms with E-state index in [1.165, 1.54) is 44.9 Å². The molecule has 0 saturated carbocycles. The molecule has 0 amide bonds. The molecule has 0 aliphatic carbocycles. The van der Waals surface area contributed by atoms with Gasteiger partial charge in [-0.05, 0) is 25.8 Å². The van der Waals surface area contributed by atoms with Gasteiger partial charge in [0.15, 0.2) is 6.10 Å². The lowest BCUT2D eigenvalue weighted by Gasteiger charge is -2.16. The summed E-state index contributed by atoms with van der Waals surface area (Å²) >= 11 is 0. The standard InChI is InChI=1S/C24H46NO6P/c1-2-3-4-5-6-7-8-9-11-15-18-24(27)31-22(21-30-32-28)20-29-23(26)17-14-12-10-13-16-19-25/h22H,2-21,25H2,1H3/t22-/m1/s1. The molecule has 0 unspecified atom stereocenters. The van der Waals surface area contributed by atoms with E-state index in [1.54, 1.807) is 0 Å². The van der Waals surface area contributed by atoms with Crippen molar-refractivity contribution >= 4 is 20.6 Å². The molecule has 0 fully saturated rings. The molecule has 0 radical (unpaired) electrons. The number of esters is 2. The van der Waals surface area contributed by atoms with E-state index in [2.05, 4.69) is 6.92 Å². The summed E-state index contributed by atoms with van der Waals surface area (Å²) < 4.78 is 26.0. The van der Waals surface area contributed by atoms with E-state index in [4.69, 9.17) is 19.7 Å². The molecule has 2 N–H and O–H groups in total. The zero-order valence-electron chi connectivity index (χ0n) is 20.2. The molecule has 0 aromatic carbocycles. The molecule has 0 bridgehead atoms. The average Bonchev–Trinajstić information content (AvgIpc) is 2.79. The summed E-state index contributed by atoms with van der Waals surface area (Å²) in [5, 5.41) is 0. The first-order chi connectivity index (χ1) is 15.6. The number of carbonyl (C=O) groups is 2. The second-order valence-corrected chi connectivity index (χ2v) is 8.81. The topological polar surface area (TPSA) is 105 Å². The normalized spacial score (nSPS) is 12.1. The van der Waals surface area contributed by atoms with Gasteiger partial charge in [-0.25, -0.2) is 4.57 Å². The summed E-state index contributed by atoms with van der Waals surface area (Å²) in [5.74, 6) is -0.657. The van der Waals surface area contributed by atoms with Crippen LogP contribution in [0.5, 0.6) is 0 Å². The van der Waals surface area contributed by atoms with E-state index in [-0.39, 0.29) is 25.2 Å². The van der Waals surface area contributed by atoms with Gasteiger partial charge in [0, 0.05) is 12.8 Å². The molecular weight excluding hydrogens is 429 g/mol. The Morgan fingerprint density at radius 2 is 1.22 bits per heavy atom. The SMILES string of the molecule is CCCCCCCCCCCCC(=O)O[C@@H](COP=O)COC(=O)CCCCCCCN. The van der Waals surface area contributed by atoms with Crippen LogP contribution in [0, 0.1) is 0 Å². The van der Waals surface area contributed by atoms with Crippen LogP contribution in [0.25, 0.3) is 0 Å². The van der Waals surface area contributed by atoms with Crippen molar-refractivity contribution in [2.24, 2.45) is 5.73 Å². The number of nitrogens with two attached hydrogens (primary N) is 1. The lowest BCUT2D eigenvalue weighted by Crippen LogP contribution is -2.28. The zero-order chi connectivity index (χ0) is 23.7. The van der Waals surface area contributed by atoms with Crippen LogP contribution >= 0.6 is 8.69 Å². The van der Waals surface area contributed by atoms with Crippen molar-refractivity contribution in [1.29, 1.82) is 0 Å². The van der Waals surface area contributed by atoms with E-state index < -0.39 is 14.8 Å². The molecule has 0 aromatic heterocycles. The minimum Gasteiger partial charge on any atom is -0.462 e. The molecule has 0 aromatic rings. The van der Waals surface area contributed by atoms with Gasteiger partial charge in [-0.1, -0.05) is 84.0 Å². The van der Waals surface area contributed by atoms with Gasteiger partial charge in [0.25, 0.3) is 0 Å². The Morgan fingerprint density at radius 3 is 1.75 bits per heavy atom. The van der Waals surface area contributed by atoms with Crippen LogP contribution in [0.2, 0.25) is 0 Å². The second-order valence-electron chi connectivity index (χ2n) is 8.40. The van der Waals surface area contributed by atoms with Crippen LogP contribution in [-0.2, 0) is 28.2 Å². The van der Waals surface area contributed by atoms with E-state index >= 15 is 0 Å². The molecule has 0 spiro atoms. The number of hydrogen-bond acceptors (Lipinski definition) is 7. The molecule has 8 heteroatoms. The monoisotopic (exact) mass is 475 g/mol. The predicted molar refractivity (Wildman–Crippen MR) is 128 cm³/mol. The third-order valence-electron chi connectivity index (χ3n) is 5.36. The first-order valence-electron chi connectivity index (χ1n) is 12.6. The highest BCUT2D eigenvalue weighted by Gasteiger charge is 2.17. The molecule has 0 aliphatic heterocycles. The highest BCUT2D eigenvalue weighted by molar-refractivity contribution is 7.17. The van der Waals surface area contributed by atoms with E-state index in [9.17, 15) is 14.2 Å². The van der Waals surface area contributed by atoms with Gasteiger partial charge in [0.1, 0.15) is 13.2 Å². The van der Waals surface area contributed by atoms with Gasteiger partial charge in [0.2, 0.25) is 0 Å². The van der Waals surface area contributed by atoms with Crippen molar-refractivity contribution in [2.45, 2.75) is 122 Å². The van der Waals surface area contributed by atoms with Crippen LogP contribution in [0.15, 0.2) is 0 Å². The second kappa shape index (κ2) is 24.6. The van der Waals surface area contributed by atoms with E-state index in [1.807, 2.05) is 0 Å². The minimum atomic E-state index is -0.736. The molecule has 0 aliphatic rings. The maximum atomic E-state index is 12.1. The van der Waals surface area contributed by atoms with Crippen LogP contribution in [-0.4, -0.2) is 37.8 Å². The van der Waals surface area contributed by atoms with E-state index in [0.29, 0.717) is 19.4 Å². The number of rotatable bonds is 24. The lowest BCUT2D eigenvalue weighted by molar-refractivity contribution is -0.160. The molecule has 7 nitrogen and oxygen atoms in total. The maximum Gasteiger partial charge on any atom is 0.327 e. The Bertz CT molecular complexity index is 464. The van der Waals surface area contributed by atoms with Gasteiger partial charge in [-0.3, -0.25) is 14.1 Å². The summed E-state index contributed by atoms with van der Waals surface area (Å²) in [5.41, 5.74) is 5.46. The molecule has 1 atom stereocenters. The summed E-state index contributed by atoms with van der Waals surface area (Å²) in [6.07, 6.45) is 16.8. The number of hydrogen-bond donors (Lipinski definition) is 1. The molecule has 188 valence electrons. The molecule has 0 heterocycles. The molecule has 0 rings (SSSR count). The highest BCUT2D eigenvalue weighted by atomic mass is 31.1. The fraction of sp³-hybridized carbons (Fsp3) is 0.917. The Balaban J connectivity index is 3.87. The number of ether oxygens (including phenoxy) is 2. The van der Waals surface area contributed by atoms with Crippen molar-refractivity contribution in [3.05, 3.63) is 0 Å². The maximum absolute atomic E-state index is 12.1. The van der Waals surface area contributed by atoms with Crippen molar-refractivity contribution in [3.8, 4) is 0 Å². The third kappa shape index (κ3) is 22.2. The van der Waals surface area contributed by atoms with E-state index in [0.717, 1.165) is 51.4 Å². The third-order valence-corrected chi connectivity index (χ3v) is 5.62. The Hall–Kier alpha value is -1.04. The number of unbranched alkanes of at least 4 members (excludes halogenated alkanes) is 13. The van der Waals surface area contributed by atoms with Crippen LogP contribution in [0.3, 0.4) is 0 Å². The van der Waals surface area contributed by atoms with Crippen molar-refractivity contribution < 1.29 is 28.2 Å². The van der Waals surface area contributed by atoms with Crippen LogP contribution in [0.4, 0.5) is 0 Å². The summed E-state index contributed by atoms with van der Waals surface area (Å²) in [4.78, 5) is 24.0. The van der Waals surface area contributed by atoms with Gasteiger partial charge in [-0.15, -0.1) is 0 Å². The largest absolute Gasteiger partial charge is 0.462 e. The fourth-order valence-electron chi connectivity index (χ4n) is 3.43. The predicted octanol–water partition coefficient (Wildman–Crippen LogP) is 6.28. The summed E-state index contributed by atoms with van der Waals surface area (Å²) in [7, 11) is -0.493. The summed E-state index contributed by atoms with van der Waals surface area (Å²) in [6.45, 7) is 2.78. The smallest absolute Gasteiger partial charge is 0.327 e. The Kier molecular flexibility index (Phi) is 23.8. The fourth-order valence-corrected chi connectivity index (χ4v) is 3.66. The highest BCUT2D eigenvalue weighted by Crippen LogP contribution is 2.12. The Labute approximate surface area is 196 Å². The first kappa shape index (κ1) is 31.0. The molecule has 0 saturated heterocycles. The minimum absolute atomic E-state index is 0.0683. The Morgan fingerprint density at radius 1 is 0.719 bits per heavy atom. The van der Waals surface area contributed by atoms with Gasteiger partial charge < -0.3 is 15.2 Å². The summed E-state index contributed by atoms with van der Waals surface area (Å²) in [6, 6.07) is 0. The quantitative estimate of drug-likeness (QED) is 0.0995.